The Kier molecular flexibility index (Phi) is 6.29. The molecule has 0 unspecified atom stereocenters. The minimum Gasteiger partial charge on any atom is -0.493 e. The highest BCUT2D eigenvalue weighted by molar-refractivity contribution is 9.10. The number of H-pyrrole nitrogens is 1. The first-order valence-corrected chi connectivity index (χ1v) is 10.0. The number of fused-ring (bicyclic) bond motifs is 1. The SMILES string of the molecule is CCCCc1ccc2[nH]c(-c3cc(OC)c(OC)cc3Br)c(CC(=O)O)c2c1. The molecule has 0 aliphatic heterocycles. The Morgan fingerprint density at radius 1 is 1.14 bits per heavy atom. The topological polar surface area (TPSA) is 71.5 Å². The highest BCUT2D eigenvalue weighted by atomic mass is 79.9. The van der Waals surface area contributed by atoms with Crippen molar-refractivity contribution in [2.75, 3.05) is 14.2 Å². The van der Waals surface area contributed by atoms with E-state index in [-0.39, 0.29) is 6.42 Å². The maximum atomic E-state index is 11.6. The van der Waals surface area contributed by atoms with E-state index in [1.54, 1.807) is 14.2 Å². The molecule has 0 radical (unpaired) electrons. The minimum atomic E-state index is -0.863. The number of carboxylic acid groups (broad SMARTS) is 1. The fraction of sp³-hybridized carbons (Fsp3) is 0.318. The van der Waals surface area contributed by atoms with E-state index in [1.807, 2.05) is 18.2 Å². The number of rotatable bonds is 8. The first kappa shape index (κ1) is 20.3. The highest BCUT2D eigenvalue weighted by Crippen LogP contribution is 2.41. The van der Waals surface area contributed by atoms with E-state index < -0.39 is 5.97 Å². The average Bonchev–Trinajstić information content (AvgIpc) is 3.03. The van der Waals surface area contributed by atoms with Crippen LogP contribution in [0.2, 0.25) is 0 Å². The summed E-state index contributed by atoms with van der Waals surface area (Å²) in [6, 6.07) is 9.93. The van der Waals surface area contributed by atoms with E-state index in [1.165, 1.54) is 5.56 Å². The van der Waals surface area contributed by atoms with E-state index in [2.05, 4.69) is 40.0 Å². The molecular weight excluding hydrogens is 422 g/mol. The summed E-state index contributed by atoms with van der Waals surface area (Å²) in [6.07, 6.45) is 3.15. The average molecular weight is 446 g/mol. The van der Waals surface area contributed by atoms with Gasteiger partial charge in [-0.15, -0.1) is 0 Å². The predicted molar refractivity (Wildman–Crippen MR) is 114 cm³/mol. The molecule has 0 amide bonds. The monoisotopic (exact) mass is 445 g/mol. The largest absolute Gasteiger partial charge is 0.493 e. The van der Waals surface area contributed by atoms with Crippen molar-refractivity contribution >= 4 is 32.8 Å². The van der Waals surface area contributed by atoms with Crippen LogP contribution in [0.25, 0.3) is 22.2 Å². The maximum absolute atomic E-state index is 11.6. The number of unbranched alkanes of at least 4 members (excludes halogenated alkanes) is 1. The van der Waals surface area contributed by atoms with Crippen LogP contribution in [0.5, 0.6) is 11.5 Å². The number of carboxylic acids is 1. The van der Waals surface area contributed by atoms with E-state index in [9.17, 15) is 9.90 Å². The molecule has 3 rings (SSSR count). The molecule has 0 aliphatic rings. The number of aryl methyl sites for hydroxylation is 1. The molecular formula is C22H24BrNO4. The first-order chi connectivity index (χ1) is 13.5. The second-order valence-electron chi connectivity index (χ2n) is 6.72. The molecule has 0 aliphatic carbocycles. The van der Waals surface area contributed by atoms with Gasteiger partial charge in [0.15, 0.2) is 11.5 Å². The van der Waals surface area contributed by atoms with Gasteiger partial charge in [-0.1, -0.05) is 19.4 Å². The van der Waals surface area contributed by atoms with E-state index in [4.69, 9.17) is 9.47 Å². The Hall–Kier alpha value is -2.47. The van der Waals surface area contributed by atoms with Crippen molar-refractivity contribution in [3.63, 3.8) is 0 Å². The van der Waals surface area contributed by atoms with Crippen LogP contribution in [-0.4, -0.2) is 30.3 Å². The fourth-order valence-corrected chi connectivity index (χ4v) is 3.96. The summed E-state index contributed by atoms with van der Waals surface area (Å²) >= 11 is 3.59. The third-order valence-electron chi connectivity index (χ3n) is 4.86. The summed E-state index contributed by atoms with van der Waals surface area (Å²) in [7, 11) is 3.17. The van der Waals surface area contributed by atoms with Gasteiger partial charge in [0, 0.05) is 20.9 Å². The predicted octanol–water partition coefficient (Wildman–Crippen LogP) is 5.58. The van der Waals surface area contributed by atoms with Crippen LogP contribution < -0.4 is 9.47 Å². The first-order valence-electron chi connectivity index (χ1n) is 9.25. The molecule has 0 saturated carbocycles. The van der Waals surface area contributed by atoms with Gasteiger partial charge >= 0.3 is 5.97 Å². The number of halogens is 1. The van der Waals surface area contributed by atoms with Gasteiger partial charge in [0.25, 0.3) is 0 Å². The van der Waals surface area contributed by atoms with Gasteiger partial charge < -0.3 is 19.6 Å². The zero-order chi connectivity index (χ0) is 20.3. The van der Waals surface area contributed by atoms with Gasteiger partial charge in [-0.05, 0) is 64.2 Å². The van der Waals surface area contributed by atoms with Crippen LogP contribution in [0.4, 0.5) is 0 Å². The number of aromatic amines is 1. The van der Waals surface area contributed by atoms with Crippen LogP contribution >= 0.6 is 15.9 Å². The van der Waals surface area contributed by atoms with Gasteiger partial charge in [0.05, 0.1) is 26.3 Å². The Bertz CT molecular complexity index is 1010. The molecule has 2 aromatic carbocycles. The standard InChI is InChI=1S/C22H24BrNO4/c1-4-5-6-13-7-8-18-14(9-13)15(11-21(25)26)22(24-18)16-10-19(27-2)20(28-3)12-17(16)23/h7-10,12,24H,4-6,11H2,1-3H3,(H,25,26). The molecule has 148 valence electrons. The number of aromatic nitrogens is 1. The summed E-state index contributed by atoms with van der Waals surface area (Å²) < 4.78 is 11.6. The number of carbonyl (C=O) groups is 1. The van der Waals surface area contributed by atoms with Gasteiger partial charge in [0.2, 0.25) is 0 Å². The highest BCUT2D eigenvalue weighted by Gasteiger charge is 2.20. The van der Waals surface area contributed by atoms with Gasteiger partial charge in [-0.2, -0.15) is 0 Å². The summed E-state index contributed by atoms with van der Waals surface area (Å²) in [6.45, 7) is 2.16. The van der Waals surface area contributed by atoms with Crippen LogP contribution in [-0.2, 0) is 17.6 Å². The van der Waals surface area contributed by atoms with Gasteiger partial charge in [-0.25, -0.2) is 0 Å². The molecule has 6 heteroatoms. The number of ether oxygens (including phenoxy) is 2. The number of benzene rings is 2. The summed E-state index contributed by atoms with van der Waals surface area (Å²) in [5, 5.41) is 10.5. The Morgan fingerprint density at radius 2 is 1.86 bits per heavy atom. The van der Waals surface area contributed by atoms with Crippen LogP contribution in [0.15, 0.2) is 34.8 Å². The lowest BCUT2D eigenvalue weighted by Gasteiger charge is -2.12. The van der Waals surface area contributed by atoms with Crippen LogP contribution in [0, 0.1) is 0 Å². The van der Waals surface area contributed by atoms with Crippen LogP contribution in [0.1, 0.15) is 30.9 Å². The molecule has 0 fully saturated rings. The molecule has 1 aromatic heterocycles. The molecule has 2 N–H and O–H groups in total. The fourth-order valence-electron chi connectivity index (χ4n) is 3.44. The Labute approximate surface area is 172 Å². The minimum absolute atomic E-state index is 0.0622. The lowest BCUT2D eigenvalue weighted by Crippen LogP contribution is -2.01. The second-order valence-corrected chi connectivity index (χ2v) is 7.57. The normalized spacial score (nSPS) is 11.0. The molecule has 1 heterocycles. The van der Waals surface area contributed by atoms with Crippen molar-refractivity contribution in [2.24, 2.45) is 0 Å². The Morgan fingerprint density at radius 3 is 2.50 bits per heavy atom. The van der Waals surface area contributed by atoms with Crippen molar-refractivity contribution in [2.45, 2.75) is 32.6 Å². The van der Waals surface area contributed by atoms with E-state index >= 15 is 0 Å². The number of nitrogens with one attached hydrogen (secondary N) is 1. The number of hydrogen-bond donors (Lipinski definition) is 2. The number of aliphatic carboxylic acids is 1. The molecule has 0 atom stereocenters. The lowest BCUT2D eigenvalue weighted by atomic mass is 10.00. The quantitative estimate of drug-likeness (QED) is 0.474. The summed E-state index contributed by atoms with van der Waals surface area (Å²) in [4.78, 5) is 15.0. The van der Waals surface area contributed by atoms with Gasteiger partial charge in [0.1, 0.15) is 0 Å². The van der Waals surface area contributed by atoms with Crippen molar-refractivity contribution in [1.29, 1.82) is 0 Å². The van der Waals surface area contributed by atoms with Crippen LogP contribution in [0.3, 0.4) is 0 Å². The number of hydrogen-bond acceptors (Lipinski definition) is 3. The Balaban J connectivity index is 2.21. The zero-order valence-electron chi connectivity index (χ0n) is 16.3. The molecule has 3 aromatic rings. The third kappa shape index (κ3) is 4.02. The molecule has 0 spiro atoms. The van der Waals surface area contributed by atoms with Crippen molar-refractivity contribution < 1.29 is 19.4 Å². The van der Waals surface area contributed by atoms with Crippen molar-refractivity contribution in [3.8, 4) is 22.8 Å². The lowest BCUT2D eigenvalue weighted by molar-refractivity contribution is -0.136. The maximum Gasteiger partial charge on any atom is 0.307 e. The van der Waals surface area contributed by atoms with E-state index in [0.29, 0.717) is 11.5 Å². The van der Waals surface area contributed by atoms with Gasteiger partial charge in [-0.3, -0.25) is 4.79 Å². The molecule has 0 saturated heterocycles. The van der Waals surface area contributed by atoms with Crippen molar-refractivity contribution in [3.05, 3.63) is 45.9 Å². The molecule has 28 heavy (non-hydrogen) atoms. The third-order valence-corrected chi connectivity index (χ3v) is 5.52. The number of methoxy groups -OCH3 is 2. The summed E-state index contributed by atoms with van der Waals surface area (Å²) in [5.74, 6) is 0.331. The van der Waals surface area contributed by atoms with E-state index in [0.717, 1.165) is 51.5 Å². The zero-order valence-corrected chi connectivity index (χ0v) is 17.9. The van der Waals surface area contributed by atoms with Crippen molar-refractivity contribution in [1.82, 2.24) is 4.98 Å². The summed E-state index contributed by atoms with van der Waals surface area (Å²) in [5.41, 5.74) is 4.53. The smallest absolute Gasteiger partial charge is 0.307 e. The molecule has 5 nitrogen and oxygen atoms in total. The second kappa shape index (κ2) is 8.69. The molecule has 0 bridgehead atoms.